The van der Waals surface area contributed by atoms with Crippen molar-refractivity contribution in [3.8, 4) is 0 Å². The number of aliphatic hydroxyl groups is 1. The number of halogens is 1. The molecule has 1 saturated carbocycles. The number of nitro groups is 1. The summed E-state index contributed by atoms with van der Waals surface area (Å²) in [5.41, 5.74) is -0.593. The molecule has 1 aromatic carbocycles. The van der Waals surface area contributed by atoms with Gasteiger partial charge in [-0.1, -0.05) is 0 Å². The van der Waals surface area contributed by atoms with Gasteiger partial charge >= 0.3 is 5.69 Å². The van der Waals surface area contributed by atoms with Crippen LogP contribution in [0.1, 0.15) is 36.0 Å². The zero-order valence-electron chi connectivity index (χ0n) is 11.5. The van der Waals surface area contributed by atoms with E-state index in [9.17, 15) is 19.3 Å². The van der Waals surface area contributed by atoms with E-state index in [1.807, 2.05) is 0 Å². The van der Waals surface area contributed by atoms with Crippen LogP contribution in [0.4, 0.5) is 10.1 Å². The van der Waals surface area contributed by atoms with Gasteiger partial charge in [0.25, 0.3) is 5.91 Å². The first kappa shape index (κ1) is 15.4. The number of aliphatic hydroxyl groups excluding tert-OH is 1. The lowest BCUT2D eigenvalue weighted by Gasteiger charge is -2.37. The summed E-state index contributed by atoms with van der Waals surface area (Å²) in [6, 6.07) is 3.28. The maximum atomic E-state index is 13.3. The second-order valence-corrected chi connectivity index (χ2v) is 5.08. The van der Waals surface area contributed by atoms with Gasteiger partial charge in [0.2, 0.25) is 5.82 Å². The molecule has 0 aromatic heterocycles. The third-order valence-corrected chi connectivity index (χ3v) is 3.72. The SMILES string of the molecule is O=C(c1ccc(F)c([N+](=O)[O-])c1)N(CCCO)C1CCC1. The first-order chi connectivity index (χ1) is 10.0. The summed E-state index contributed by atoms with van der Waals surface area (Å²) in [5.74, 6) is -1.31. The number of benzene rings is 1. The van der Waals surface area contributed by atoms with E-state index in [1.54, 1.807) is 4.90 Å². The number of nitrogens with zero attached hydrogens (tertiary/aromatic N) is 2. The molecule has 1 amide bonds. The number of hydrogen-bond donors (Lipinski definition) is 1. The molecule has 21 heavy (non-hydrogen) atoms. The smallest absolute Gasteiger partial charge is 0.305 e. The Labute approximate surface area is 121 Å². The number of amides is 1. The molecule has 1 aliphatic carbocycles. The van der Waals surface area contributed by atoms with Gasteiger partial charge in [-0.3, -0.25) is 14.9 Å². The van der Waals surface area contributed by atoms with Crippen LogP contribution in [0.2, 0.25) is 0 Å². The van der Waals surface area contributed by atoms with Crippen LogP contribution >= 0.6 is 0 Å². The summed E-state index contributed by atoms with van der Waals surface area (Å²) in [6.07, 6.45) is 3.27. The summed E-state index contributed by atoms with van der Waals surface area (Å²) < 4.78 is 13.3. The van der Waals surface area contributed by atoms with Crippen molar-refractivity contribution in [2.45, 2.75) is 31.7 Å². The second-order valence-electron chi connectivity index (χ2n) is 5.08. The van der Waals surface area contributed by atoms with Gasteiger partial charge in [-0.2, -0.15) is 4.39 Å². The summed E-state index contributed by atoms with van der Waals surface area (Å²) in [7, 11) is 0. The average molecular weight is 296 g/mol. The molecule has 1 aliphatic rings. The number of rotatable bonds is 6. The molecule has 0 bridgehead atoms. The highest BCUT2D eigenvalue weighted by Gasteiger charge is 2.30. The minimum absolute atomic E-state index is 0.0277. The lowest BCUT2D eigenvalue weighted by molar-refractivity contribution is -0.387. The van der Waals surface area contributed by atoms with Crippen molar-refractivity contribution in [3.05, 3.63) is 39.7 Å². The van der Waals surface area contributed by atoms with Crippen molar-refractivity contribution >= 4 is 11.6 Å². The number of carbonyl (C=O) groups is 1. The molecule has 1 N–H and O–H groups in total. The molecule has 0 radical (unpaired) electrons. The molecular weight excluding hydrogens is 279 g/mol. The summed E-state index contributed by atoms with van der Waals surface area (Å²) in [6.45, 7) is 0.366. The van der Waals surface area contributed by atoms with Crippen molar-refractivity contribution in [3.63, 3.8) is 0 Å². The van der Waals surface area contributed by atoms with Crippen LogP contribution in [0.3, 0.4) is 0 Å². The minimum atomic E-state index is -0.956. The van der Waals surface area contributed by atoms with Gasteiger partial charge in [0, 0.05) is 30.8 Å². The van der Waals surface area contributed by atoms with E-state index in [2.05, 4.69) is 0 Å². The van der Waals surface area contributed by atoms with Crippen LogP contribution in [-0.2, 0) is 0 Å². The Morgan fingerprint density at radius 1 is 1.48 bits per heavy atom. The lowest BCUT2D eigenvalue weighted by atomic mass is 9.90. The van der Waals surface area contributed by atoms with Crippen molar-refractivity contribution < 1.29 is 19.2 Å². The second kappa shape index (κ2) is 6.62. The monoisotopic (exact) mass is 296 g/mol. The fourth-order valence-corrected chi connectivity index (χ4v) is 2.34. The summed E-state index contributed by atoms with van der Waals surface area (Å²) >= 11 is 0. The molecule has 1 aromatic rings. The summed E-state index contributed by atoms with van der Waals surface area (Å²) in [4.78, 5) is 24.0. The molecule has 0 heterocycles. The molecule has 0 spiro atoms. The Kier molecular flexibility index (Phi) is 4.85. The Bertz CT molecular complexity index is 546. The maximum absolute atomic E-state index is 13.3. The van der Waals surface area contributed by atoms with Crippen LogP contribution in [0, 0.1) is 15.9 Å². The molecule has 2 rings (SSSR count). The predicted molar refractivity (Wildman–Crippen MR) is 73.4 cm³/mol. The Morgan fingerprint density at radius 2 is 2.19 bits per heavy atom. The van der Waals surface area contributed by atoms with E-state index in [-0.39, 0.29) is 24.1 Å². The van der Waals surface area contributed by atoms with Gasteiger partial charge in [-0.25, -0.2) is 0 Å². The summed E-state index contributed by atoms with van der Waals surface area (Å²) in [5, 5.41) is 19.7. The van der Waals surface area contributed by atoms with Gasteiger partial charge in [0.05, 0.1) is 4.92 Å². The van der Waals surface area contributed by atoms with E-state index < -0.39 is 16.4 Å². The minimum Gasteiger partial charge on any atom is -0.396 e. The zero-order chi connectivity index (χ0) is 15.4. The maximum Gasteiger partial charge on any atom is 0.305 e. The highest BCUT2D eigenvalue weighted by Crippen LogP contribution is 2.27. The molecule has 0 saturated heterocycles. The molecule has 0 atom stereocenters. The molecule has 1 fully saturated rings. The van der Waals surface area contributed by atoms with E-state index in [0.717, 1.165) is 31.4 Å². The number of carbonyl (C=O) groups excluding carboxylic acids is 1. The normalized spacial score (nSPS) is 14.6. The molecular formula is C14H17FN2O4. The van der Waals surface area contributed by atoms with Crippen LogP contribution in [0.15, 0.2) is 18.2 Å². The quantitative estimate of drug-likeness (QED) is 0.643. The average Bonchev–Trinajstić information content (AvgIpc) is 2.40. The molecule has 114 valence electrons. The largest absolute Gasteiger partial charge is 0.396 e. The fraction of sp³-hybridized carbons (Fsp3) is 0.500. The number of nitro benzene ring substituents is 1. The predicted octanol–water partition coefficient (Wildman–Crippen LogP) is 2.11. The van der Waals surface area contributed by atoms with Gasteiger partial charge in [-0.05, 0) is 37.8 Å². The van der Waals surface area contributed by atoms with E-state index >= 15 is 0 Å². The van der Waals surface area contributed by atoms with Crippen molar-refractivity contribution in [1.29, 1.82) is 0 Å². The van der Waals surface area contributed by atoms with Crippen molar-refractivity contribution in [2.24, 2.45) is 0 Å². The van der Waals surface area contributed by atoms with Gasteiger partial charge in [0.15, 0.2) is 0 Å². The van der Waals surface area contributed by atoms with Gasteiger partial charge in [-0.15, -0.1) is 0 Å². The van der Waals surface area contributed by atoms with E-state index in [4.69, 9.17) is 5.11 Å². The van der Waals surface area contributed by atoms with Crippen LogP contribution < -0.4 is 0 Å². The standard InChI is InChI=1S/C14H17FN2O4/c15-12-6-5-10(9-13(12)17(20)21)14(19)16(7-2-8-18)11-3-1-4-11/h5-6,9,11,18H,1-4,7-8H2. The molecule has 7 heteroatoms. The molecule has 0 unspecified atom stereocenters. The van der Waals surface area contributed by atoms with Crippen molar-refractivity contribution in [1.82, 2.24) is 4.90 Å². The van der Waals surface area contributed by atoms with E-state index in [0.29, 0.717) is 13.0 Å². The third-order valence-electron chi connectivity index (χ3n) is 3.72. The third kappa shape index (κ3) is 3.36. The topological polar surface area (TPSA) is 83.7 Å². The van der Waals surface area contributed by atoms with E-state index in [1.165, 1.54) is 6.07 Å². The highest BCUT2D eigenvalue weighted by atomic mass is 19.1. The Hall–Kier alpha value is -2.02. The van der Waals surface area contributed by atoms with Crippen LogP contribution in [0.25, 0.3) is 0 Å². The fourth-order valence-electron chi connectivity index (χ4n) is 2.34. The van der Waals surface area contributed by atoms with Crippen LogP contribution in [0.5, 0.6) is 0 Å². The zero-order valence-corrected chi connectivity index (χ0v) is 11.5. The van der Waals surface area contributed by atoms with Crippen molar-refractivity contribution in [2.75, 3.05) is 13.2 Å². The Balaban J connectivity index is 2.23. The molecule has 6 nitrogen and oxygen atoms in total. The molecule has 0 aliphatic heterocycles. The van der Waals surface area contributed by atoms with Gasteiger partial charge < -0.3 is 10.0 Å². The van der Waals surface area contributed by atoms with Crippen LogP contribution in [-0.4, -0.2) is 40.0 Å². The first-order valence-corrected chi connectivity index (χ1v) is 6.90. The lowest BCUT2D eigenvalue weighted by Crippen LogP contribution is -2.45. The Morgan fingerprint density at radius 3 is 2.71 bits per heavy atom. The number of hydrogen-bond acceptors (Lipinski definition) is 4. The van der Waals surface area contributed by atoms with Gasteiger partial charge in [0.1, 0.15) is 0 Å². The first-order valence-electron chi connectivity index (χ1n) is 6.90. The highest BCUT2D eigenvalue weighted by molar-refractivity contribution is 5.95.